The molecule has 3 aliphatic carbocycles. The second kappa shape index (κ2) is 9.60. The van der Waals surface area contributed by atoms with Gasteiger partial charge in [-0.25, -0.2) is 4.57 Å². The van der Waals surface area contributed by atoms with Crippen molar-refractivity contribution in [2.75, 3.05) is 20.2 Å². The molecule has 0 amide bonds. The summed E-state index contributed by atoms with van der Waals surface area (Å²) in [5, 5.41) is 15.3. The molecular weight excluding hydrogens is 543 g/mol. The van der Waals surface area contributed by atoms with E-state index in [-0.39, 0.29) is 11.8 Å². The molecule has 2 heterocycles. The van der Waals surface area contributed by atoms with Crippen molar-refractivity contribution in [3.8, 4) is 17.2 Å². The van der Waals surface area contributed by atoms with Crippen LogP contribution in [0.5, 0.6) is 17.2 Å². The van der Waals surface area contributed by atoms with E-state index in [1.165, 1.54) is 26.9 Å². The van der Waals surface area contributed by atoms with Gasteiger partial charge in [-0.2, -0.15) is 5.09 Å². The first-order chi connectivity index (χ1) is 19.7. The van der Waals surface area contributed by atoms with E-state index in [2.05, 4.69) is 16.6 Å². The van der Waals surface area contributed by atoms with Gasteiger partial charge in [-0.1, -0.05) is 30.8 Å². The number of rotatable bonds is 9. The maximum Gasteiger partial charge on any atom is 0.513 e. The average Bonchev–Trinajstić information content (AvgIpc) is 3.69. The van der Waals surface area contributed by atoms with Crippen LogP contribution in [0.15, 0.2) is 54.6 Å². The highest BCUT2D eigenvalue weighted by molar-refractivity contribution is 7.52. The number of hydrogen-bond donors (Lipinski definition) is 2. The summed E-state index contributed by atoms with van der Waals surface area (Å²) in [6.07, 6.45) is 4.91. The summed E-state index contributed by atoms with van der Waals surface area (Å²) in [5.74, 6) is 1.16. The van der Waals surface area contributed by atoms with Crippen molar-refractivity contribution in [1.29, 1.82) is 0 Å². The Balaban J connectivity index is 1.30. The molecule has 3 fully saturated rings. The van der Waals surface area contributed by atoms with Crippen molar-refractivity contribution in [3.05, 3.63) is 65.7 Å². The van der Waals surface area contributed by atoms with Gasteiger partial charge in [-0.15, -0.1) is 0 Å². The quantitative estimate of drug-likeness (QED) is 0.252. The highest BCUT2D eigenvalue weighted by Crippen LogP contribution is 2.67. The number of benzene rings is 2. The van der Waals surface area contributed by atoms with Gasteiger partial charge in [0.1, 0.15) is 17.9 Å². The largest absolute Gasteiger partial charge is 0.513 e. The molecular formula is C31H37N2O7P. The molecule has 2 aromatic rings. The minimum atomic E-state index is -4.18. The predicted molar refractivity (Wildman–Crippen MR) is 152 cm³/mol. The van der Waals surface area contributed by atoms with Crippen molar-refractivity contribution >= 4 is 13.7 Å². The Bertz CT molecular complexity index is 1450. The monoisotopic (exact) mass is 580 g/mol. The Kier molecular flexibility index (Phi) is 6.32. The molecule has 9 nitrogen and oxygen atoms in total. The van der Waals surface area contributed by atoms with Gasteiger partial charge in [-0.05, 0) is 87.2 Å². The highest BCUT2D eigenvalue weighted by atomic mass is 31.2. The topological polar surface area (TPSA) is 107 Å². The number of hydrogen-bond acceptors (Lipinski definition) is 8. The molecule has 7 rings (SSSR count). The summed E-state index contributed by atoms with van der Waals surface area (Å²) in [5.41, 5.74) is 1.41. The number of likely N-dealkylation sites (tertiary alicyclic amines) is 1. The van der Waals surface area contributed by atoms with Crippen LogP contribution >= 0.6 is 7.75 Å². The Labute approximate surface area is 240 Å². The number of nitrogens with one attached hydrogen (secondary N) is 1. The minimum Gasteiger partial charge on any atom is -0.481 e. The number of carbonyl (C=O) groups is 1. The molecule has 1 saturated heterocycles. The standard InChI is InChI=1S/C31H37N2O7P/c1-19-13-14-31(35)25-17-22-11-12-24(27-26(22)30(31,28(19)38-27)15-16-33(25)18-21-9-10-21)40-41(36,32-20(2)29(34)37-3)39-23-7-5-4-6-8-23/h4-8,11-12,20-21,25,28,35H,1,9-10,13-18H2,2-3H3,(H,32,36)/t20-,25+,28?,30-,31?,41?/m0/s1. The summed E-state index contributed by atoms with van der Waals surface area (Å²) in [6.45, 7) is 7.82. The Morgan fingerprint density at radius 2 is 2.00 bits per heavy atom. The lowest BCUT2D eigenvalue weighted by atomic mass is 9.48. The molecule has 2 saturated carbocycles. The van der Waals surface area contributed by atoms with Crippen LogP contribution in [0, 0.1) is 5.92 Å². The second-order valence-electron chi connectivity index (χ2n) is 12.3. The van der Waals surface area contributed by atoms with Crippen LogP contribution in [0.3, 0.4) is 0 Å². The molecule has 10 heteroatoms. The van der Waals surface area contributed by atoms with Crippen LogP contribution in [-0.4, -0.2) is 60.0 Å². The number of esters is 1. The van der Waals surface area contributed by atoms with Gasteiger partial charge in [0.2, 0.25) is 0 Å². The maximum atomic E-state index is 14.3. The number of ether oxygens (including phenoxy) is 2. The SMILES string of the molecule is C=C1CCC2(O)[C@H]3Cc4ccc(OP(=O)(N[C@@H](C)C(=O)OC)Oc5ccccc5)c5c4[C@@]2(CCN3CC2CC2)C1O5. The van der Waals surface area contributed by atoms with Crippen LogP contribution < -0.4 is 18.9 Å². The van der Waals surface area contributed by atoms with Gasteiger partial charge in [-0.3, -0.25) is 9.69 Å². The first kappa shape index (κ1) is 27.0. The van der Waals surface area contributed by atoms with E-state index in [4.69, 9.17) is 18.5 Å². The average molecular weight is 581 g/mol. The van der Waals surface area contributed by atoms with Gasteiger partial charge < -0.3 is 23.6 Å². The van der Waals surface area contributed by atoms with E-state index >= 15 is 0 Å². The molecule has 1 spiro atoms. The van der Waals surface area contributed by atoms with Gasteiger partial charge in [0, 0.05) is 18.2 Å². The van der Waals surface area contributed by atoms with E-state index in [1.54, 1.807) is 30.3 Å². The fraction of sp³-hybridized carbons (Fsp3) is 0.516. The maximum absolute atomic E-state index is 14.3. The third-order valence-corrected chi connectivity index (χ3v) is 11.4. The molecule has 2 aliphatic heterocycles. The zero-order valence-corrected chi connectivity index (χ0v) is 24.4. The van der Waals surface area contributed by atoms with Gasteiger partial charge >= 0.3 is 13.7 Å². The van der Waals surface area contributed by atoms with Crippen molar-refractivity contribution in [2.45, 2.75) is 74.7 Å². The highest BCUT2D eigenvalue weighted by Gasteiger charge is 2.72. The smallest absolute Gasteiger partial charge is 0.481 e. The molecule has 2 N–H and O–H groups in total. The summed E-state index contributed by atoms with van der Waals surface area (Å²) in [7, 11) is -2.91. The fourth-order valence-electron chi connectivity index (χ4n) is 7.74. The van der Waals surface area contributed by atoms with Crippen molar-refractivity contribution in [2.24, 2.45) is 5.92 Å². The Hall–Kier alpha value is -2.84. The molecule has 0 aromatic heterocycles. The van der Waals surface area contributed by atoms with E-state index < -0.39 is 36.9 Å². The zero-order valence-electron chi connectivity index (χ0n) is 23.5. The number of nitrogens with zero attached hydrogens (tertiary/aromatic N) is 1. The lowest BCUT2D eigenvalue weighted by molar-refractivity contribution is -0.174. The first-order valence-corrected chi connectivity index (χ1v) is 16.1. The molecule has 3 unspecified atom stereocenters. The lowest BCUT2D eigenvalue weighted by Crippen LogP contribution is -2.75. The first-order valence-electron chi connectivity index (χ1n) is 14.5. The Morgan fingerprint density at radius 3 is 2.73 bits per heavy atom. The molecule has 41 heavy (non-hydrogen) atoms. The fourth-order valence-corrected chi connectivity index (χ4v) is 9.27. The summed E-state index contributed by atoms with van der Waals surface area (Å²) >= 11 is 0. The Morgan fingerprint density at radius 1 is 1.22 bits per heavy atom. The molecule has 218 valence electrons. The second-order valence-corrected chi connectivity index (χ2v) is 13.9. The number of para-hydroxylation sites is 1. The van der Waals surface area contributed by atoms with Crippen molar-refractivity contribution < 1.29 is 33.0 Å². The van der Waals surface area contributed by atoms with E-state index in [9.17, 15) is 14.5 Å². The van der Waals surface area contributed by atoms with E-state index in [1.807, 2.05) is 12.1 Å². The summed E-state index contributed by atoms with van der Waals surface area (Å²) in [4.78, 5) is 14.8. The van der Waals surface area contributed by atoms with Crippen LogP contribution in [0.25, 0.3) is 0 Å². The summed E-state index contributed by atoms with van der Waals surface area (Å²) in [6, 6.07) is 11.5. The third kappa shape index (κ3) is 4.15. The van der Waals surface area contributed by atoms with Crippen molar-refractivity contribution in [3.63, 3.8) is 0 Å². The van der Waals surface area contributed by atoms with Crippen molar-refractivity contribution in [1.82, 2.24) is 9.99 Å². The van der Waals surface area contributed by atoms with Crippen LogP contribution in [-0.2, 0) is 25.9 Å². The van der Waals surface area contributed by atoms with Gasteiger partial charge in [0.05, 0.1) is 18.1 Å². The predicted octanol–water partition coefficient (Wildman–Crippen LogP) is 4.52. The normalized spacial score (nSPS) is 31.8. The van der Waals surface area contributed by atoms with E-state index in [0.717, 1.165) is 42.1 Å². The summed E-state index contributed by atoms with van der Waals surface area (Å²) < 4.78 is 37.8. The van der Waals surface area contributed by atoms with Crippen LogP contribution in [0.1, 0.15) is 50.2 Å². The van der Waals surface area contributed by atoms with Gasteiger partial charge in [0.15, 0.2) is 11.5 Å². The molecule has 2 aromatic carbocycles. The zero-order chi connectivity index (χ0) is 28.6. The molecule has 6 atom stereocenters. The van der Waals surface area contributed by atoms with Crippen LogP contribution in [0.4, 0.5) is 0 Å². The lowest BCUT2D eigenvalue weighted by Gasteiger charge is -2.63. The van der Waals surface area contributed by atoms with E-state index in [0.29, 0.717) is 30.8 Å². The minimum absolute atomic E-state index is 0.0105. The number of carbonyl (C=O) groups excluding carboxylic acids is 1. The molecule has 0 radical (unpaired) electrons. The molecule has 5 aliphatic rings. The number of aliphatic hydroxyl groups is 1. The number of methoxy groups -OCH3 is 1. The van der Waals surface area contributed by atoms with Crippen LogP contribution in [0.2, 0.25) is 0 Å². The van der Waals surface area contributed by atoms with Gasteiger partial charge in [0.25, 0.3) is 0 Å². The number of piperidine rings is 1. The molecule has 2 bridgehead atoms. The third-order valence-electron chi connectivity index (χ3n) is 9.79.